The standard InChI is InChI=1S/C16H21N5O2/c1-4-23-8-13-19-14-15(21(13)20-9(2)3)11-6-5-10(22)7-12(11)18-16(14)17/h5-7,9,20,22H,4,8H2,1-3H3,(H2,17,18). The van der Waals surface area contributed by atoms with Gasteiger partial charge in [-0.05, 0) is 32.9 Å². The average molecular weight is 315 g/mol. The monoisotopic (exact) mass is 315 g/mol. The zero-order valence-electron chi connectivity index (χ0n) is 13.5. The molecule has 0 radical (unpaired) electrons. The van der Waals surface area contributed by atoms with Gasteiger partial charge in [0.15, 0.2) is 11.6 Å². The highest BCUT2D eigenvalue weighted by atomic mass is 16.5. The van der Waals surface area contributed by atoms with Crippen LogP contribution in [-0.2, 0) is 11.3 Å². The van der Waals surface area contributed by atoms with Crippen molar-refractivity contribution >= 4 is 27.8 Å². The third-order valence-corrected chi connectivity index (χ3v) is 3.49. The number of imidazole rings is 1. The number of rotatable bonds is 5. The predicted molar refractivity (Wildman–Crippen MR) is 90.9 cm³/mol. The second kappa shape index (κ2) is 5.92. The van der Waals surface area contributed by atoms with E-state index in [2.05, 4.69) is 29.2 Å². The minimum Gasteiger partial charge on any atom is -0.508 e. The fourth-order valence-corrected chi connectivity index (χ4v) is 2.58. The molecule has 1 aromatic carbocycles. The Kier molecular flexibility index (Phi) is 3.96. The van der Waals surface area contributed by atoms with Crippen molar-refractivity contribution in [3.05, 3.63) is 24.0 Å². The first-order valence-corrected chi connectivity index (χ1v) is 7.65. The molecule has 0 fully saturated rings. The Labute approximate surface area is 134 Å². The maximum atomic E-state index is 9.69. The molecule has 3 rings (SSSR count). The van der Waals surface area contributed by atoms with Crippen molar-refractivity contribution in [3.8, 4) is 5.75 Å². The van der Waals surface area contributed by atoms with Gasteiger partial charge in [0, 0.05) is 24.1 Å². The van der Waals surface area contributed by atoms with Crippen molar-refractivity contribution in [2.24, 2.45) is 0 Å². The first-order chi connectivity index (χ1) is 11.0. The van der Waals surface area contributed by atoms with Crippen LogP contribution in [0.1, 0.15) is 26.6 Å². The smallest absolute Gasteiger partial charge is 0.154 e. The topological polar surface area (TPSA) is 98.2 Å². The van der Waals surface area contributed by atoms with Gasteiger partial charge in [0.05, 0.1) is 5.52 Å². The Morgan fingerprint density at radius 3 is 2.83 bits per heavy atom. The number of nitrogens with zero attached hydrogens (tertiary/aromatic N) is 3. The van der Waals surface area contributed by atoms with E-state index < -0.39 is 0 Å². The number of pyridine rings is 1. The zero-order valence-corrected chi connectivity index (χ0v) is 13.5. The molecule has 0 spiro atoms. The van der Waals surface area contributed by atoms with Crippen molar-refractivity contribution < 1.29 is 9.84 Å². The van der Waals surface area contributed by atoms with E-state index in [1.54, 1.807) is 12.1 Å². The Morgan fingerprint density at radius 2 is 2.13 bits per heavy atom. The molecule has 122 valence electrons. The summed E-state index contributed by atoms with van der Waals surface area (Å²) < 4.78 is 7.43. The highest BCUT2D eigenvalue weighted by Gasteiger charge is 2.18. The number of phenolic OH excluding ortho intramolecular Hbond substituents is 1. The minimum absolute atomic E-state index is 0.154. The molecule has 4 N–H and O–H groups in total. The molecular weight excluding hydrogens is 294 g/mol. The first kappa shape index (κ1) is 15.4. The molecule has 0 aliphatic heterocycles. The van der Waals surface area contributed by atoms with Crippen LogP contribution in [-0.4, -0.2) is 32.4 Å². The van der Waals surface area contributed by atoms with Crippen LogP contribution in [0.25, 0.3) is 21.9 Å². The molecule has 0 unspecified atom stereocenters. The third-order valence-electron chi connectivity index (χ3n) is 3.49. The highest BCUT2D eigenvalue weighted by molar-refractivity contribution is 6.07. The number of aromatic nitrogens is 3. The third kappa shape index (κ3) is 2.75. The molecule has 7 nitrogen and oxygen atoms in total. The van der Waals surface area contributed by atoms with Gasteiger partial charge in [-0.3, -0.25) is 0 Å². The summed E-state index contributed by atoms with van der Waals surface area (Å²) in [6, 6.07) is 5.26. The number of aromatic hydroxyl groups is 1. The molecule has 0 amide bonds. The normalized spacial score (nSPS) is 11.7. The van der Waals surface area contributed by atoms with Crippen molar-refractivity contribution in [1.82, 2.24) is 14.6 Å². The Balaban J connectivity index is 2.33. The molecule has 0 bridgehead atoms. The first-order valence-electron chi connectivity index (χ1n) is 7.65. The van der Waals surface area contributed by atoms with Crippen molar-refractivity contribution in [2.45, 2.75) is 33.4 Å². The van der Waals surface area contributed by atoms with Gasteiger partial charge in [-0.15, -0.1) is 0 Å². The number of nitrogens with two attached hydrogens (primary N) is 1. The van der Waals surface area contributed by atoms with E-state index in [9.17, 15) is 5.11 Å². The van der Waals surface area contributed by atoms with E-state index in [1.165, 1.54) is 0 Å². The lowest BCUT2D eigenvalue weighted by atomic mass is 10.2. The molecule has 3 aromatic rings. The maximum absolute atomic E-state index is 9.69. The van der Waals surface area contributed by atoms with Crippen LogP contribution in [0.4, 0.5) is 5.82 Å². The SMILES string of the molecule is CCOCc1nc2c(N)nc3cc(O)ccc3c2n1NC(C)C. The van der Waals surface area contributed by atoms with E-state index in [1.807, 2.05) is 17.7 Å². The second-order valence-electron chi connectivity index (χ2n) is 5.68. The number of phenols is 1. The van der Waals surface area contributed by atoms with Gasteiger partial charge in [0.2, 0.25) is 0 Å². The molecule has 0 saturated heterocycles. The van der Waals surface area contributed by atoms with E-state index in [0.717, 1.165) is 16.7 Å². The second-order valence-corrected chi connectivity index (χ2v) is 5.68. The number of ether oxygens (including phenoxy) is 1. The van der Waals surface area contributed by atoms with Crippen molar-refractivity contribution in [3.63, 3.8) is 0 Å². The van der Waals surface area contributed by atoms with Gasteiger partial charge in [0.1, 0.15) is 23.4 Å². The van der Waals surface area contributed by atoms with Crippen LogP contribution in [0.2, 0.25) is 0 Å². The highest BCUT2D eigenvalue weighted by Crippen LogP contribution is 2.30. The lowest BCUT2D eigenvalue weighted by Gasteiger charge is -2.16. The molecule has 0 saturated carbocycles. The lowest BCUT2D eigenvalue weighted by molar-refractivity contribution is 0.127. The van der Waals surface area contributed by atoms with E-state index in [-0.39, 0.29) is 11.8 Å². The Bertz CT molecular complexity index is 857. The van der Waals surface area contributed by atoms with Crippen LogP contribution >= 0.6 is 0 Å². The van der Waals surface area contributed by atoms with Gasteiger partial charge in [-0.1, -0.05) is 0 Å². The largest absolute Gasteiger partial charge is 0.508 e. The fourth-order valence-electron chi connectivity index (χ4n) is 2.58. The number of anilines is 1. The molecule has 2 aromatic heterocycles. The molecule has 23 heavy (non-hydrogen) atoms. The van der Waals surface area contributed by atoms with Crippen molar-refractivity contribution in [2.75, 3.05) is 17.8 Å². The average Bonchev–Trinajstić information content (AvgIpc) is 2.84. The summed E-state index contributed by atoms with van der Waals surface area (Å²) in [7, 11) is 0. The number of hydrogen-bond donors (Lipinski definition) is 3. The molecular formula is C16H21N5O2. The van der Waals surface area contributed by atoms with Crippen LogP contribution in [0.5, 0.6) is 5.75 Å². The van der Waals surface area contributed by atoms with E-state index in [4.69, 9.17) is 10.5 Å². The summed E-state index contributed by atoms with van der Waals surface area (Å²) in [5.41, 5.74) is 11.5. The summed E-state index contributed by atoms with van der Waals surface area (Å²) >= 11 is 0. The van der Waals surface area contributed by atoms with Gasteiger partial charge in [-0.2, -0.15) is 0 Å². The molecule has 0 atom stereocenters. The molecule has 0 aliphatic rings. The quantitative estimate of drug-likeness (QED) is 0.668. The summed E-state index contributed by atoms with van der Waals surface area (Å²) in [4.78, 5) is 8.95. The number of hydrogen-bond acceptors (Lipinski definition) is 6. The Hall–Kier alpha value is -2.54. The van der Waals surface area contributed by atoms with Crippen LogP contribution < -0.4 is 11.2 Å². The lowest BCUT2D eigenvalue weighted by Crippen LogP contribution is -2.24. The predicted octanol–water partition coefficient (Wildman–Crippen LogP) is 2.36. The fraction of sp³-hybridized carbons (Fsp3) is 0.375. The van der Waals surface area contributed by atoms with Crippen LogP contribution in [0.15, 0.2) is 18.2 Å². The minimum atomic E-state index is 0.154. The van der Waals surface area contributed by atoms with E-state index in [0.29, 0.717) is 30.1 Å². The summed E-state index contributed by atoms with van der Waals surface area (Å²) in [6.45, 7) is 7.03. The molecule has 2 heterocycles. The number of fused-ring (bicyclic) bond motifs is 3. The number of benzene rings is 1. The van der Waals surface area contributed by atoms with Crippen LogP contribution in [0.3, 0.4) is 0 Å². The summed E-state index contributed by atoms with van der Waals surface area (Å²) in [5.74, 6) is 1.23. The number of nitrogen functional groups attached to an aromatic ring is 1. The summed E-state index contributed by atoms with van der Waals surface area (Å²) in [5, 5.41) is 10.6. The van der Waals surface area contributed by atoms with Gasteiger partial charge < -0.3 is 21.0 Å². The van der Waals surface area contributed by atoms with Gasteiger partial charge >= 0.3 is 0 Å². The number of nitrogens with one attached hydrogen (secondary N) is 1. The molecule has 0 aliphatic carbocycles. The van der Waals surface area contributed by atoms with Gasteiger partial charge in [0.25, 0.3) is 0 Å². The van der Waals surface area contributed by atoms with Crippen molar-refractivity contribution in [1.29, 1.82) is 0 Å². The Morgan fingerprint density at radius 1 is 1.35 bits per heavy atom. The van der Waals surface area contributed by atoms with Crippen LogP contribution in [0, 0.1) is 0 Å². The summed E-state index contributed by atoms with van der Waals surface area (Å²) in [6.07, 6.45) is 0. The zero-order chi connectivity index (χ0) is 16.6. The molecule has 7 heteroatoms. The maximum Gasteiger partial charge on any atom is 0.154 e. The van der Waals surface area contributed by atoms with Gasteiger partial charge in [-0.25, -0.2) is 14.6 Å². The van der Waals surface area contributed by atoms with E-state index >= 15 is 0 Å².